The Hall–Kier alpha value is -2.24. The first-order valence-corrected chi connectivity index (χ1v) is 9.37. The lowest BCUT2D eigenvalue weighted by molar-refractivity contribution is -0.385. The smallest absolute Gasteiger partial charge is 0.309 e. The fraction of sp³-hybridized carbons (Fsp3) is 0.600. The molecular formula is C20H23NO5. The number of hydrogen-bond acceptors (Lipinski definition) is 5. The molecule has 0 unspecified atom stereocenters. The van der Waals surface area contributed by atoms with E-state index in [0.29, 0.717) is 17.4 Å². The van der Waals surface area contributed by atoms with E-state index < -0.39 is 10.7 Å². The molecule has 0 saturated heterocycles. The maximum absolute atomic E-state index is 12.6. The number of rotatable bonds is 5. The second-order valence-electron chi connectivity index (χ2n) is 8.25. The SMILES string of the molecule is Cc1ccc(C(=O)COC(=O)C2C3CC4CC(C3)CC2C4)cc1[N+](=O)[O-]. The molecule has 6 nitrogen and oxygen atoms in total. The van der Waals surface area contributed by atoms with Crippen LogP contribution in [-0.4, -0.2) is 23.3 Å². The summed E-state index contributed by atoms with van der Waals surface area (Å²) in [5, 5.41) is 11.0. The van der Waals surface area contributed by atoms with Gasteiger partial charge in [0.2, 0.25) is 5.78 Å². The molecule has 4 bridgehead atoms. The summed E-state index contributed by atoms with van der Waals surface area (Å²) in [4.78, 5) is 35.5. The number of Topliss-reactive ketones (excluding diaryl/α,β-unsaturated/α-hetero) is 1. The van der Waals surface area contributed by atoms with Crippen molar-refractivity contribution in [1.82, 2.24) is 0 Å². The summed E-state index contributed by atoms with van der Waals surface area (Å²) in [7, 11) is 0. The van der Waals surface area contributed by atoms with Crippen molar-refractivity contribution in [3.05, 3.63) is 39.4 Å². The summed E-state index contributed by atoms with van der Waals surface area (Å²) in [6.45, 7) is 1.28. The maximum atomic E-state index is 12.6. The molecule has 6 heteroatoms. The minimum Gasteiger partial charge on any atom is -0.457 e. The van der Waals surface area contributed by atoms with Gasteiger partial charge in [0, 0.05) is 17.2 Å². The van der Waals surface area contributed by atoms with E-state index in [1.807, 2.05) is 0 Å². The number of nitrogens with zero attached hydrogens (tertiary/aromatic N) is 1. The van der Waals surface area contributed by atoms with E-state index in [0.717, 1.165) is 37.5 Å². The fourth-order valence-electron chi connectivity index (χ4n) is 5.61. The summed E-state index contributed by atoms with van der Waals surface area (Å²) in [5.74, 6) is 1.65. The van der Waals surface area contributed by atoms with Gasteiger partial charge in [0.05, 0.1) is 10.8 Å². The van der Waals surface area contributed by atoms with Crippen LogP contribution >= 0.6 is 0 Å². The van der Waals surface area contributed by atoms with E-state index in [1.165, 1.54) is 12.5 Å². The standard InChI is InChI=1S/C20H23NO5/c1-11-2-3-14(9-17(11)21(24)25)18(22)10-26-20(23)19-15-5-12-4-13(7-15)8-16(19)6-12/h2-3,9,12-13,15-16,19H,4-8,10H2,1H3. The topological polar surface area (TPSA) is 86.5 Å². The highest BCUT2D eigenvalue weighted by Crippen LogP contribution is 2.56. The zero-order valence-electron chi connectivity index (χ0n) is 14.8. The second-order valence-corrected chi connectivity index (χ2v) is 8.25. The van der Waals surface area contributed by atoms with Gasteiger partial charge in [-0.2, -0.15) is 0 Å². The van der Waals surface area contributed by atoms with Crippen molar-refractivity contribution < 1.29 is 19.2 Å². The molecule has 4 saturated carbocycles. The van der Waals surface area contributed by atoms with Crippen molar-refractivity contribution in [2.24, 2.45) is 29.6 Å². The lowest BCUT2D eigenvalue weighted by Crippen LogP contribution is -2.48. The van der Waals surface area contributed by atoms with E-state index in [9.17, 15) is 19.7 Å². The number of esters is 1. The van der Waals surface area contributed by atoms with Crippen molar-refractivity contribution >= 4 is 17.4 Å². The Morgan fingerprint density at radius 3 is 2.31 bits per heavy atom. The third kappa shape index (κ3) is 3.02. The second kappa shape index (κ2) is 6.49. The molecule has 1 aromatic rings. The number of benzene rings is 1. The molecule has 0 radical (unpaired) electrons. The van der Waals surface area contributed by atoms with Crippen LogP contribution in [0.5, 0.6) is 0 Å². The van der Waals surface area contributed by atoms with Crippen molar-refractivity contribution in [3.8, 4) is 0 Å². The van der Waals surface area contributed by atoms with E-state index in [2.05, 4.69) is 0 Å². The van der Waals surface area contributed by atoms with Gasteiger partial charge in [-0.3, -0.25) is 19.7 Å². The van der Waals surface area contributed by atoms with E-state index in [1.54, 1.807) is 19.1 Å². The molecule has 0 N–H and O–H groups in total. The molecular weight excluding hydrogens is 334 g/mol. The first-order chi connectivity index (χ1) is 12.4. The fourth-order valence-corrected chi connectivity index (χ4v) is 5.61. The number of nitro benzene ring substituents is 1. The Bertz CT molecular complexity index is 743. The summed E-state index contributed by atoms with van der Waals surface area (Å²) in [5.41, 5.74) is 0.612. The van der Waals surface area contributed by atoms with Crippen LogP contribution in [0.15, 0.2) is 18.2 Å². The van der Waals surface area contributed by atoms with Crippen molar-refractivity contribution in [1.29, 1.82) is 0 Å². The van der Waals surface area contributed by atoms with Gasteiger partial charge in [0.15, 0.2) is 6.61 Å². The molecule has 4 aliphatic rings. The van der Waals surface area contributed by atoms with Crippen LogP contribution in [-0.2, 0) is 9.53 Å². The summed E-state index contributed by atoms with van der Waals surface area (Å²) < 4.78 is 5.36. The highest BCUT2D eigenvalue weighted by atomic mass is 16.6. The molecule has 1 aromatic carbocycles. The minimum atomic E-state index is -0.507. The average molecular weight is 357 g/mol. The normalized spacial score (nSPS) is 31.7. The molecule has 138 valence electrons. The molecule has 4 fully saturated rings. The lowest BCUT2D eigenvalue weighted by atomic mass is 9.52. The van der Waals surface area contributed by atoms with Crippen LogP contribution in [0.3, 0.4) is 0 Å². The Labute approximate surface area is 152 Å². The van der Waals surface area contributed by atoms with Gasteiger partial charge in [-0.1, -0.05) is 12.1 Å². The van der Waals surface area contributed by atoms with E-state index in [4.69, 9.17) is 4.74 Å². The van der Waals surface area contributed by atoms with Crippen molar-refractivity contribution in [2.45, 2.75) is 39.0 Å². The van der Waals surface area contributed by atoms with Gasteiger partial charge in [-0.15, -0.1) is 0 Å². The van der Waals surface area contributed by atoms with E-state index >= 15 is 0 Å². The minimum absolute atomic E-state index is 0.0667. The number of aryl methyl sites for hydroxylation is 1. The van der Waals surface area contributed by atoms with Gasteiger partial charge >= 0.3 is 5.97 Å². The molecule has 5 rings (SSSR count). The number of ketones is 1. The van der Waals surface area contributed by atoms with E-state index in [-0.39, 0.29) is 29.7 Å². The first kappa shape index (κ1) is 17.2. The summed E-state index contributed by atoms with van der Waals surface area (Å²) in [6.07, 6.45) is 5.78. The summed E-state index contributed by atoms with van der Waals surface area (Å²) in [6, 6.07) is 4.35. The zero-order chi connectivity index (χ0) is 18.4. The van der Waals surface area contributed by atoms with Crippen LogP contribution in [0.25, 0.3) is 0 Å². The molecule has 0 aliphatic heterocycles. The molecule has 4 aliphatic carbocycles. The number of nitro groups is 1. The largest absolute Gasteiger partial charge is 0.457 e. The van der Waals surface area contributed by atoms with Crippen LogP contribution in [0, 0.1) is 46.6 Å². The predicted octanol–water partition coefficient (Wildman–Crippen LogP) is 3.70. The van der Waals surface area contributed by atoms with Crippen LogP contribution in [0.2, 0.25) is 0 Å². The van der Waals surface area contributed by atoms with Crippen LogP contribution in [0.1, 0.15) is 48.0 Å². The first-order valence-electron chi connectivity index (χ1n) is 9.37. The Kier molecular flexibility index (Phi) is 4.29. The van der Waals surface area contributed by atoms with Crippen molar-refractivity contribution in [3.63, 3.8) is 0 Å². The number of carbonyl (C=O) groups is 2. The molecule has 0 atom stereocenters. The Morgan fingerprint density at radius 1 is 1.12 bits per heavy atom. The Balaban J connectivity index is 1.40. The number of carbonyl (C=O) groups excluding carboxylic acids is 2. The third-order valence-electron chi connectivity index (χ3n) is 6.57. The van der Waals surface area contributed by atoms with Gasteiger partial charge in [0.1, 0.15) is 0 Å². The predicted molar refractivity (Wildman–Crippen MR) is 93.7 cm³/mol. The summed E-state index contributed by atoms with van der Waals surface area (Å²) >= 11 is 0. The third-order valence-corrected chi connectivity index (χ3v) is 6.57. The number of ether oxygens (including phenoxy) is 1. The lowest BCUT2D eigenvalue weighted by Gasteiger charge is -2.53. The monoisotopic (exact) mass is 357 g/mol. The Morgan fingerprint density at radius 2 is 1.73 bits per heavy atom. The highest BCUT2D eigenvalue weighted by Gasteiger charge is 2.51. The maximum Gasteiger partial charge on any atom is 0.309 e. The average Bonchev–Trinajstić information content (AvgIpc) is 2.58. The molecule has 0 spiro atoms. The highest BCUT2D eigenvalue weighted by molar-refractivity contribution is 5.98. The quantitative estimate of drug-likeness (QED) is 0.347. The van der Waals surface area contributed by atoms with Gasteiger partial charge in [0.25, 0.3) is 5.69 Å². The molecule has 0 aromatic heterocycles. The molecule has 26 heavy (non-hydrogen) atoms. The zero-order valence-corrected chi connectivity index (χ0v) is 14.8. The number of hydrogen-bond donors (Lipinski definition) is 0. The van der Waals surface area contributed by atoms with Crippen LogP contribution < -0.4 is 0 Å². The molecule has 0 heterocycles. The van der Waals surface area contributed by atoms with Crippen LogP contribution in [0.4, 0.5) is 5.69 Å². The van der Waals surface area contributed by atoms with Crippen molar-refractivity contribution in [2.75, 3.05) is 6.61 Å². The molecule has 0 amide bonds. The van der Waals surface area contributed by atoms with Gasteiger partial charge in [-0.25, -0.2) is 0 Å². The van der Waals surface area contributed by atoms with Gasteiger partial charge in [-0.05, 0) is 62.7 Å². The van der Waals surface area contributed by atoms with Gasteiger partial charge < -0.3 is 4.74 Å².